The number of ether oxygens (including phenoxy) is 3. The summed E-state index contributed by atoms with van der Waals surface area (Å²) in [5.41, 5.74) is 5.47. The van der Waals surface area contributed by atoms with Crippen LogP contribution >= 0.6 is 22.7 Å². The van der Waals surface area contributed by atoms with Crippen LogP contribution in [-0.2, 0) is 54.8 Å². The molecule has 4 heterocycles. The van der Waals surface area contributed by atoms with E-state index >= 15 is 0 Å². The lowest BCUT2D eigenvalue weighted by atomic mass is 9.85. The Morgan fingerprint density at radius 3 is 2.29 bits per heavy atom. The van der Waals surface area contributed by atoms with Crippen molar-refractivity contribution in [2.24, 2.45) is 5.41 Å². The highest BCUT2D eigenvalue weighted by molar-refractivity contribution is 7.89. The zero-order valence-electron chi connectivity index (χ0n) is 42.5. The molecule has 404 valence electrons. The van der Waals surface area contributed by atoms with E-state index in [1.807, 2.05) is 61.5 Å². The fraction of sp³-hybridized carbons (Fsp3) is 0.451. The number of aliphatic hydroxyl groups is 1. The molecule has 3 aromatic heterocycles. The zero-order chi connectivity index (χ0) is 54.1. The lowest BCUT2D eigenvalue weighted by Crippen LogP contribution is -2.58. The minimum Gasteiger partial charge on any atom is -0.391 e. The van der Waals surface area contributed by atoms with E-state index in [1.54, 1.807) is 43.0 Å². The number of hydrogen-bond acceptors (Lipinski definition) is 16. The molecule has 0 aliphatic carbocycles. The van der Waals surface area contributed by atoms with E-state index in [9.17, 15) is 42.3 Å². The summed E-state index contributed by atoms with van der Waals surface area (Å²) in [5, 5.41) is 26.5. The molecule has 1 aliphatic heterocycles. The molecule has 6 N–H and O–H groups in total. The molecule has 4 atom stereocenters. The SMILES string of the molecule is Cc1ncsc1-c1ccc(CNC(=O)[C@@H]2C[C@@H](O)CN2C(=O)[C@@H](NC(=O)COCCOCCNC(=O)CCCOCC[C@H](NC(=O)c2ccn(S(C)(=O)=O)c2)C(=O)Nc2nc(-c3ccccc3)cs2)C(C)(C)C)cc1. The van der Waals surface area contributed by atoms with Crippen molar-refractivity contribution < 1.29 is 56.5 Å². The summed E-state index contributed by atoms with van der Waals surface area (Å²) in [7, 11) is -3.63. The number of β-amino-alcohol motifs (C(OH)–C–C–N with tert-alkyl or cyclic N) is 1. The van der Waals surface area contributed by atoms with Crippen LogP contribution < -0.4 is 26.6 Å². The first-order valence-electron chi connectivity index (χ1n) is 24.3. The maximum atomic E-state index is 14.0. The number of hydrogen-bond donors (Lipinski definition) is 6. The molecule has 75 heavy (non-hydrogen) atoms. The molecule has 24 heteroatoms. The standard InChI is InChI=1S/C51H65N9O12S3/c1-33-44(74-32-54-33)36-15-13-34(14-16-36)27-53-48(66)41-26-38(61)29-60(41)49(67)45(51(2,3)4)57-43(63)30-72-25-24-71-23-19-52-42(62)12-9-21-70-22-18-39(55-46(64)37-17-20-59(28-37)75(5,68)69)47(65)58-50-56-40(31-73-50)35-10-7-6-8-11-35/h6-8,10-11,13-17,20,28,31-32,38-39,41,45,61H,9,12,18-19,21-27,29-30H2,1-5H3,(H,52,62)(H,53,66)(H,55,64)(H,57,63)(H,56,58,65)/t38-,39+,41+,45-/m1/s1. The second-order valence-corrected chi connectivity index (χ2v) is 22.5. The molecule has 21 nitrogen and oxygen atoms in total. The number of aliphatic hydroxyl groups excluding tert-OH is 1. The molecule has 0 spiro atoms. The molecule has 1 aliphatic rings. The Bertz CT molecular complexity index is 2830. The molecule has 6 rings (SSSR count). The number of nitrogens with one attached hydrogen (secondary N) is 5. The van der Waals surface area contributed by atoms with Crippen LogP contribution in [0.1, 0.15) is 68.1 Å². The highest BCUT2D eigenvalue weighted by Gasteiger charge is 2.44. The van der Waals surface area contributed by atoms with Crippen molar-refractivity contribution >= 4 is 73.3 Å². The van der Waals surface area contributed by atoms with Crippen molar-refractivity contribution in [2.45, 2.75) is 84.2 Å². The van der Waals surface area contributed by atoms with Crippen molar-refractivity contribution in [2.75, 3.05) is 64.3 Å². The lowest BCUT2D eigenvalue weighted by Gasteiger charge is -2.35. The van der Waals surface area contributed by atoms with Crippen LogP contribution in [0.25, 0.3) is 21.7 Å². The molecule has 1 fully saturated rings. The molecule has 6 amide bonds. The monoisotopic (exact) mass is 1090 g/mol. The van der Waals surface area contributed by atoms with Crippen LogP contribution in [0.15, 0.2) is 83.9 Å². The summed E-state index contributed by atoms with van der Waals surface area (Å²) in [6.45, 7) is 7.98. The van der Waals surface area contributed by atoms with Gasteiger partial charge in [-0.1, -0.05) is 75.4 Å². The molecule has 5 aromatic rings. The van der Waals surface area contributed by atoms with Crippen LogP contribution in [0.3, 0.4) is 0 Å². The van der Waals surface area contributed by atoms with Gasteiger partial charge in [-0.2, -0.15) is 0 Å². The molecule has 2 aromatic carbocycles. The van der Waals surface area contributed by atoms with E-state index < -0.39 is 69.2 Å². The average Bonchev–Trinajstić information content (AvgIpc) is 4.22. The predicted octanol–water partition coefficient (Wildman–Crippen LogP) is 3.73. The Kier molecular flexibility index (Phi) is 21.1. The average molecular weight is 1090 g/mol. The van der Waals surface area contributed by atoms with Crippen LogP contribution in [0.4, 0.5) is 5.13 Å². The highest BCUT2D eigenvalue weighted by Crippen LogP contribution is 2.29. The maximum Gasteiger partial charge on any atom is 0.253 e. The number of nitrogens with zero attached hydrogens (tertiary/aromatic N) is 4. The number of carbonyl (C=O) groups is 6. The van der Waals surface area contributed by atoms with Gasteiger partial charge in [0, 0.05) is 69.0 Å². The van der Waals surface area contributed by atoms with Gasteiger partial charge in [0.25, 0.3) is 5.91 Å². The number of aryl methyl sites for hydroxylation is 1. The Morgan fingerprint density at radius 1 is 0.867 bits per heavy atom. The quantitative estimate of drug-likeness (QED) is 0.0409. The minimum atomic E-state index is -3.63. The highest BCUT2D eigenvalue weighted by atomic mass is 32.2. The summed E-state index contributed by atoms with van der Waals surface area (Å²) in [6, 6.07) is 15.5. The van der Waals surface area contributed by atoms with Crippen LogP contribution in [-0.4, -0.2) is 151 Å². The molecule has 0 radical (unpaired) electrons. The molecular formula is C51H65N9O12S3. The van der Waals surface area contributed by atoms with E-state index in [-0.39, 0.29) is 90.0 Å². The molecule has 0 bridgehead atoms. The van der Waals surface area contributed by atoms with Crippen LogP contribution in [0, 0.1) is 12.3 Å². The van der Waals surface area contributed by atoms with Crippen LogP contribution in [0.2, 0.25) is 0 Å². The first-order chi connectivity index (χ1) is 35.8. The van der Waals surface area contributed by atoms with Gasteiger partial charge in [0.1, 0.15) is 24.7 Å². The second-order valence-electron chi connectivity index (χ2n) is 18.9. The Morgan fingerprint density at radius 2 is 1.60 bits per heavy atom. The number of likely N-dealkylation sites (tertiary alicyclic amines) is 1. The predicted molar refractivity (Wildman–Crippen MR) is 283 cm³/mol. The van der Waals surface area contributed by atoms with Gasteiger partial charge in [-0.25, -0.2) is 18.4 Å². The number of anilines is 1. The van der Waals surface area contributed by atoms with E-state index in [0.29, 0.717) is 17.2 Å². The smallest absolute Gasteiger partial charge is 0.253 e. The summed E-state index contributed by atoms with van der Waals surface area (Å²) in [4.78, 5) is 90.6. The minimum absolute atomic E-state index is 0.0447. The molecule has 0 saturated carbocycles. The van der Waals surface area contributed by atoms with Gasteiger partial charge in [0.05, 0.1) is 59.5 Å². The first-order valence-corrected chi connectivity index (χ1v) is 27.9. The first kappa shape index (κ1) is 57.9. The fourth-order valence-corrected chi connectivity index (χ4v) is 9.97. The van der Waals surface area contributed by atoms with E-state index in [2.05, 4.69) is 36.6 Å². The van der Waals surface area contributed by atoms with Crippen molar-refractivity contribution in [3.63, 3.8) is 0 Å². The zero-order valence-corrected chi connectivity index (χ0v) is 45.0. The summed E-state index contributed by atoms with van der Waals surface area (Å²) < 4.78 is 41.5. The topological polar surface area (TPSA) is 279 Å². The third kappa shape index (κ3) is 17.6. The van der Waals surface area contributed by atoms with Crippen molar-refractivity contribution in [3.05, 3.63) is 101 Å². The van der Waals surface area contributed by atoms with Crippen LogP contribution in [0.5, 0.6) is 0 Å². The third-order valence-electron chi connectivity index (χ3n) is 11.9. The van der Waals surface area contributed by atoms with Gasteiger partial charge in [-0.05, 0) is 42.4 Å². The van der Waals surface area contributed by atoms with Gasteiger partial charge in [0.2, 0.25) is 39.6 Å². The third-order valence-corrected chi connectivity index (χ3v) is 14.6. The maximum absolute atomic E-state index is 14.0. The molecule has 1 saturated heterocycles. The van der Waals surface area contributed by atoms with Crippen molar-refractivity contribution in [3.8, 4) is 21.7 Å². The summed E-state index contributed by atoms with van der Waals surface area (Å²) in [6.07, 6.45) is 3.14. The van der Waals surface area contributed by atoms with Gasteiger partial charge in [-0.15, -0.1) is 22.7 Å². The second kappa shape index (κ2) is 27.4. The summed E-state index contributed by atoms with van der Waals surface area (Å²) in [5.74, 6) is -2.87. The Hall–Kier alpha value is -6.41. The number of rotatable bonds is 27. The van der Waals surface area contributed by atoms with Gasteiger partial charge < -0.3 is 50.8 Å². The number of thiazole rings is 2. The van der Waals surface area contributed by atoms with Crippen molar-refractivity contribution in [1.82, 2.24) is 40.1 Å². The number of carbonyl (C=O) groups excluding carboxylic acids is 6. The normalized spacial score (nSPS) is 15.5. The Balaban J connectivity index is 0.845. The van der Waals surface area contributed by atoms with E-state index in [1.165, 1.54) is 28.5 Å². The fourth-order valence-electron chi connectivity index (χ4n) is 7.85. The summed E-state index contributed by atoms with van der Waals surface area (Å²) >= 11 is 2.78. The molecule has 0 unspecified atom stereocenters. The number of benzene rings is 2. The number of amides is 6. The van der Waals surface area contributed by atoms with Gasteiger partial charge >= 0.3 is 0 Å². The van der Waals surface area contributed by atoms with Gasteiger partial charge in [0.15, 0.2) is 5.13 Å². The van der Waals surface area contributed by atoms with Gasteiger partial charge in [-0.3, -0.25) is 32.7 Å². The number of aromatic nitrogens is 3. The Labute approximate surface area is 444 Å². The lowest BCUT2D eigenvalue weighted by molar-refractivity contribution is -0.144. The van der Waals surface area contributed by atoms with E-state index in [0.717, 1.165) is 43.7 Å². The largest absolute Gasteiger partial charge is 0.391 e. The van der Waals surface area contributed by atoms with Crippen molar-refractivity contribution in [1.29, 1.82) is 0 Å². The molecular weight excluding hydrogens is 1030 g/mol. The van der Waals surface area contributed by atoms with E-state index in [4.69, 9.17) is 14.2 Å².